The molecule has 0 saturated carbocycles. The third-order valence-electron chi connectivity index (χ3n) is 4.28. The number of hydrogen-bond donors (Lipinski definition) is 1. The van der Waals surface area contributed by atoms with Crippen molar-refractivity contribution in [1.29, 1.82) is 0 Å². The molecule has 1 aromatic carbocycles. The van der Waals surface area contributed by atoms with Gasteiger partial charge in [0, 0.05) is 59.1 Å². The number of nitrogens with zero attached hydrogens (tertiary/aromatic N) is 4. The molecule has 0 bridgehead atoms. The Labute approximate surface area is 142 Å². The summed E-state index contributed by atoms with van der Waals surface area (Å²) in [7, 11) is 7.40. The van der Waals surface area contributed by atoms with Gasteiger partial charge in [-0.1, -0.05) is 0 Å². The Morgan fingerprint density at radius 2 is 1.96 bits per heavy atom. The summed E-state index contributed by atoms with van der Waals surface area (Å²) in [5.41, 5.74) is 2.67. The van der Waals surface area contributed by atoms with E-state index in [0.717, 1.165) is 42.7 Å². The smallest absolute Gasteiger partial charge is 0.319 e. The molecular formula is C17H25N5O2. The molecule has 2 heterocycles. The highest BCUT2D eigenvalue weighted by Crippen LogP contribution is 2.25. The van der Waals surface area contributed by atoms with E-state index in [2.05, 4.69) is 10.3 Å². The number of anilines is 2. The van der Waals surface area contributed by atoms with Gasteiger partial charge in [0.2, 0.25) is 0 Å². The van der Waals surface area contributed by atoms with E-state index < -0.39 is 0 Å². The van der Waals surface area contributed by atoms with Gasteiger partial charge in [-0.25, -0.2) is 4.79 Å². The van der Waals surface area contributed by atoms with E-state index in [1.54, 1.807) is 19.0 Å². The van der Waals surface area contributed by atoms with Crippen LogP contribution in [-0.2, 0) is 0 Å². The standard InChI is InChI=1S/C17H25N5O2/c1-20(2)16-19-14-6-5-13(11-15(14)24-16)18-12-7-9-22(10-8-12)17(23)21(3)4/h5-6,11-12,18H,7-10H2,1-4H3. The van der Waals surface area contributed by atoms with Gasteiger partial charge in [0.1, 0.15) is 5.52 Å². The minimum atomic E-state index is 0.0905. The van der Waals surface area contributed by atoms with Crippen LogP contribution < -0.4 is 10.2 Å². The summed E-state index contributed by atoms with van der Waals surface area (Å²) in [5.74, 6) is 0. The van der Waals surface area contributed by atoms with Gasteiger partial charge >= 0.3 is 6.03 Å². The fourth-order valence-electron chi connectivity index (χ4n) is 2.93. The summed E-state index contributed by atoms with van der Waals surface area (Å²) in [6, 6.07) is 7.06. The van der Waals surface area contributed by atoms with Crippen LogP contribution in [0.3, 0.4) is 0 Å². The first-order valence-corrected chi connectivity index (χ1v) is 8.24. The number of carbonyl (C=O) groups is 1. The van der Waals surface area contributed by atoms with E-state index in [4.69, 9.17) is 4.42 Å². The second kappa shape index (κ2) is 6.59. The molecule has 1 aliphatic rings. The lowest BCUT2D eigenvalue weighted by Crippen LogP contribution is -2.46. The lowest BCUT2D eigenvalue weighted by molar-refractivity contribution is 0.158. The molecule has 7 heteroatoms. The normalized spacial score (nSPS) is 15.6. The second-order valence-corrected chi connectivity index (χ2v) is 6.66. The fraction of sp³-hybridized carbons (Fsp3) is 0.529. The SMILES string of the molecule is CN(C)C(=O)N1CCC(Nc2ccc3nc(N(C)C)oc3c2)CC1. The number of piperidine rings is 1. The molecule has 1 aromatic heterocycles. The zero-order valence-electron chi connectivity index (χ0n) is 14.7. The highest BCUT2D eigenvalue weighted by Gasteiger charge is 2.23. The maximum absolute atomic E-state index is 12.0. The lowest BCUT2D eigenvalue weighted by Gasteiger charge is -2.34. The number of oxazole rings is 1. The van der Waals surface area contributed by atoms with Gasteiger partial charge in [-0.05, 0) is 25.0 Å². The Kier molecular flexibility index (Phi) is 4.51. The second-order valence-electron chi connectivity index (χ2n) is 6.66. The van der Waals surface area contributed by atoms with Crippen LogP contribution in [0.4, 0.5) is 16.5 Å². The summed E-state index contributed by atoms with van der Waals surface area (Å²) < 4.78 is 5.75. The first kappa shape index (κ1) is 16.4. The van der Waals surface area contributed by atoms with E-state index in [-0.39, 0.29) is 6.03 Å². The molecular weight excluding hydrogens is 306 g/mol. The minimum Gasteiger partial charge on any atom is -0.423 e. The van der Waals surface area contributed by atoms with Gasteiger partial charge in [-0.3, -0.25) is 0 Å². The molecule has 0 atom stereocenters. The van der Waals surface area contributed by atoms with E-state index >= 15 is 0 Å². The molecule has 0 aliphatic carbocycles. The molecule has 0 radical (unpaired) electrons. The summed E-state index contributed by atoms with van der Waals surface area (Å²) >= 11 is 0. The van der Waals surface area contributed by atoms with Crippen molar-refractivity contribution >= 4 is 28.8 Å². The number of likely N-dealkylation sites (tertiary alicyclic amines) is 1. The minimum absolute atomic E-state index is 0.0905. The molecule has 0 unspecified atom stereocenters. The molecule has 1 saturated heterocycles. The molecule has 1 aliphatic heterocycles. The van der Waals surface area contributed by atoms with E-state index in [9.17, 15) is 4.79 Å². The van der Waals surface area contributed by atoms with Crippen LogP contribution >= 0.6 is 0 Å². The van der Waals surface area contributed by atoms with Crippen molar-refractivity contribution in [3.05, 3.63) is 18.2 Å². The van der Waals surface area contributed by atoms with Gasteiger partial charge in [0.05, 0.1) is 0 Å². The predicted molar refractivity (Wildman–Crippen MR) is 95.6 cm³/mol. The number of hydrogen-bond acceptors (Lipinski definition) is 5. The van der Waals surface area contributed by atoms with E-state index in [1.807, 2.05) is 42.1 Å². The molecule has 1 N–H and O–H groups in total. The quantitative estimate of drug-likeness (QED) is 0.936. The molecule has 130 valence electrons. The molecule has 2 amide bonds. The Hall–Kier alpha value is -2.44. The summed E-state index contributed by atoms with van der Waals surface area (Å²) in [6.45, 7) is 1.56. The van der Waals surface area contributed by atoms with E-state index in [0.29, 0.717) is 12.1 Å². The number of rotatable bonds is 3. The van der Waals surface area contributed by atoms with Gasteiger partial charge in [0.25, 0.3) is 6.01 Å². The van der Waals surface area contributed by atoms with Gasteiger partial charge in [-0.2, -0.15) is 4.98 Å². The number of carbonyl (C=O) groups excluding carboxylic acids is 1. The largest absolute Gasteiger partial charge is 0.423 e. The van der Waals surface area contributed by atoms with Crippen molar-refractivity contribution in [1.82, 2.24) is 14.8 Å². The molecule has 1 fully saturated rings. The Balaban J connectivity index is 1.62. The predicted octanol–water partition coefficient (Wildman–Crippen LogP) is 2.45. The zero-order chi connectivity index (χ0) is 17.3. The van der Waals surface area contributed by atoms with Crippen molar-refractivity contribution < 1.29 is 9.21 Å². The van der Waals surface area contributed by atoms with Gasteiger partial charge in [-0.15, -0.1) is 0 Å². The number of benzene rings is 1. The van der Waals surface area contributed by atoms with Crippen LogP contribution in [-0.4, -0.2) is 68.1 Å². The molecule has 0 spiro atoms. The first-order valence-electron chi connectivity index (χ1n) is 8.24. The van der Waals surface area contributed by atoms with Crippen molar-refractivity contribution in [3.63, 3.8) is 0 Å². The summed E-state index contributed by atoms with van der Waals surface area (Å²) in [6.07, 6.45) is 1.88. The monoisotopic (exact) mass is 331 g/mol. The topological polar surface area (TPSA) is 64.9 Å². The first-order chi connectivity index (χ1) is 11.4. The highest BCUT2D eigenvalue weighted by molar-refractivity contribution is 5.79. The van der Waals surface area contributed by atoms with E-state index in [1.165, 1.54) is 0 Å². The third-order valence-corrected chi connectivity index (χ3v) is 4.28. The molecule has 2 aromatic rings. The van der Waals surface area contributed by atoms with Gasteiger partial charge < -0.3 is 24.4 Å². The summed E-state index contributed by atoms with van der Waals surface area (Å²) in [4.78, 5) is 21.8. The van der Waals surface area contributed by atoms with Crippen LogP contribution in [0.5, 0.6) is 0 Å². The lowest BCUT2D eigenvalue weighted by atomic mass is 10.0. The van der Waals surface area contributed by atoms with Crippen molar-refractivity contribution in [2.75, 3.05) is 51.5 Å². The maximum Gasteiger partial charge on any atom is 0.319 e. The molecule has 3 rings (SSSR count). The van der Waals surface area contributed by atoms with Crippen LogP contribution in [0.15, 0.2) is 22.6 Å². The van der Waals surface area contributed by atoms with Gasteiger partial charge in [0.15, 0.2) is 5.58 Å². The number of urea groups is 1. The number of nitrogens with one attached hydrogen (secondary N) is 1. The number of aromatic nitrogens is 1. The van der Waals surface area contributed by atoms with Crippen molar-refractivity contribution in [2.45, 2.75) is 18.9 Å². The average Bonchev–Trinajstić information content (AvgIpc) is 2.98. The van der Waals surface area contributed by atoms with Crippen LogP contribution in [0.2, 0.25) is 0 Å². The van der Waals surface area contributed by atoms with Crippen LogP contribution in [0.1, 0.15) is 12.8 Å². The maximum atomic E-state index is 12.0. The fourth-order valence-corrected chi connectivity index (χ4v) is 2.93. The Bertz CT molecular complexity index is 717. The third kappa shape index (κ3) is 3.39. The summed E-state index contributed by atoms with van der Waals surface area (Å²) in [5, 5.41) is 3.55. The number of fused-ring (bicyclic) bond motifs is 1. The van der Waals surface area contributed by atoms with Crippen LogP contribution in [0.25, 0.3) is 11.1 Å². The zero-order valence-corrected chi connectivity index (χ0v) is 14.7. The Morgan fingerprint density at radius 3 is 2.58 bits per heavy atom. The highest BCUT2D eigenvalue weighted by atomic mass is 16.4. The average molecular weight is 331 g/mol. The Morgan fingerprint density at radius 1 is 1.25 bits per heavy atom. The van der Waals surface area contributed by atoms with Crippen molar-refractivity contribution in [3.8, 4) is 0 Å². The van der Waals surface area contributed by atoms with Crippen molar-refractivity contribution in [2.24, 2.45) is 0 Å². The molecule has 24 heavy (non-hydrogen) atoms. The molecule has 7 nitrogen and oxygen atoms in total. The van der Waals surface area contributed by atoms with Crippen LogP contribution in [0, 0.1) is 0 Å². The number of amides is 2.